The van der Waals surface area contributed by atoms with E-state index in [1.54, 1.807) is 0 Å². The summed E-state index contributed by atoms with van der Waals surface area (Å²) in [5.41, 5.74) is 2.82. The highest BCUT2D eigenvalue weighted by Crippen LogP contribution is 2.33. The van der Waals surface area contributed by atoms with Crippen molar-refractivity contribution in [2.45, 2.75) is 52.6 Å². The van der Waals surface area contributed by atoms with Crippen molar-refractivity contribution in [1.29, 1.82) is 0 Å². The quantitative estimate of drug-likeness (QED) is 0.926. The SMILES string of the molecule is CC(C)(C)C(=O)N1CCCc2cc([C@H](O)CN3CCCC3)ccc21. The molecule has 0 saturated carbocycles. The van der Waals surface area contributed by atoms with Crippen molar-refractivity contribution in [1.82, 2.24) is 4.90 Å². The molecule has 0 bridgehead atoms. The fourth-order valence-corrected chi connectivity index (χ4v) is 3.76. The average molecular weight is 330 g/mol. The van der Waals surface area contributed by atoms with Crippen LogP contribution in [0, 0.1) is 5.41 Å². The Labute approximate surface area is 145 Å². The number of β-amino-alcohol motifs (C(OH)–C–C–N with tert-alkyl or cyclic N) is 1. The molecule has 3 rings (SSSR count). The van der Waals surface area contributed by atoms with Crippen molar-refractivity contribution in [3.8, 4) is 0 Å². The zero-order chi connectivity index (χ0) is 17.3. The Morgan fingerprint density at radius 2 is 1.88 bits per heavy atom. The summed E-state index contributed by atoms with van der Waals surface area (Å²) in [5, 5.41) is 10.6. The monoisotopic (exact) mass is 330 g/mol. The third-order valence-corrected chi connectivity index (χ3v) is 5.12. The lowest BCUT2D eigenvalue weighted by Gasteiger charge is -2.34. The summed E-state index contributed by atoms with van der Waals surface area (Å²) in [6.07, 6.45) is 4.00. The van der Waals surface area contributed by atoms with E-state index < -0.39 is 6.10 Å². The second-order valence-electron chi connectivity index (χ2n) is 8.22. The first-order valence-electron chi connectivity index (χ1n) is 9.21. The van der Waals surface area contributed by atoms with E-state index in [0.717, 1.165) is 43.7 Å². The molecule has 0 radical (unpaired) electrons. The number of hydrogen-bond acceptors (Lipinski definition) is 3. The number of amides is 1. The second-order valence-corrected chi connectivity index (χ2v) is 8.22. The third-order valence-electron chi connectivity index (χ3n) is 5.12. The number of carbonyl (C=O) groups is 1. The summed E-state index contributed by atoms with van der Waals surface area (Å²) in [4.78, 5) is 17.0. The van der Waals surface area contributed by atoms with Crippen LogP contribution in [0.2, 0.25) is 0 Å². The zero-order valence-corrected chi connectivity index (χ0v) is 15.2. The number of aryl methyl sites for hydroxylation is 1. The molecule has 1 fully saturated rings. The molecule has 2 heterocycles. The highest BCUT2D eigenvalue weighted by molar-refractivity contribution is 5.98. The van der Waals surface area contributed by atoms with Crippen LogP contribution in [0.1, 0.15) is 57.3 Å². The van der Waals surface area contributed by atoms with Gasteiger partial charge in [-0.25, -0.2) is 0 Å². The predicted octanol–water partition coefficient (Wildman–Crippen LogP) is 3.14. The number of aliphatic hydroxyl groups is 1. The summed E-state index contributed by atoms with van der Waals surface area (Å²) >= 11 is 0. The summed E-state index contributed by atoms with van der Waals surface area (Å²) in [7, 11) is 0. The molecule has 132 valence electrons. The van der Waals surface area contributed by atoms with Crippen LogP contribution in [-0.2, 0) is 11.2 Å². The van der Waals surface area contributed by atoms with Crippen LogP contribution < -0.4 is 4.90 Å². The lowest BCUT2D eigenvalue weighted by atomic mass is 9.91. The summed E-state index contributed by atoms with van der Waals surface area (Å²) in [5.74, 6) is 0.175. The molecule has 1 aromatic rings. The van der Waals surface area contributed by atoms with E-state index in [4.69, 9.17) is 0 Å². The minimum atomic E-state index is -0.443. The van der Waals surface area contributed by atoms with Gasteiger partial charge in [-0.15, -0.1) is 0 Å². The third kappa shape index (κ3) is 3.65. The van der Waals surface area contributed by atoms with Gasteiger partial charge in [0.15, 0.2) is 0 Å². The van der Waals surface area contributed by atoms with Gasteiger partial charge in [0.05, 0.1) is 6.10 Å². The lowest BCUT2D eigenvalue weighted by molar-refractivity contribution is -0.125. The van der Waals surface area contributed by atoms with Crippen LogP contribution in [0.4, 0.5) is 5.69 Å². The highest BCUT2D eigenvalue weighted by Gasteiger charge is 2.31. The van der Waals surface area contributed by atoms with Gasteiger partial charge < -0.3 is 14.9 Å². The number of hydrogen-bond donors (Lipinski definition) is 1. The molecule has 2 aliphatic rings. The summed E-state index contributed by atoms with van der Waals surface area (Å²) in [6.45, 7) is 9.60. The summed E-state index contributed by atoms with van der Waals surface area (Å²) in [6, 6.07) is 6.13. The molecule has 0 spiro atoms. The van der Waals surface area contributed by atoms with Crippen molar-refractivity contribution >= 4 is 11.6 Å². The van der Waals surface area contributed by atoms with E-state index in [0.29, 0.717) is 6.54 Å². The maximum absolute atomic E-state index is 12.7. The first-order valence-corrected chi connectivity index (χ1v) is 9.21. The van der Waals surface area contributed by atoms with Gasteiger partial charge in [0.25, 0.3) is 0 Å². The van der Waals surface area contributed by atoms with Crippen LogP contribution in [-0.4, -0.2) is 42.1 Å². The first-order chi connectivity index (χ1) is 11.4. The first kappa shape index (κ1) is 17.4. The number of rotatable bonds is 3. The minimum absolute atomic E-state index is 0.175. The Balaban J connectivity index is 1.78. The molecule has 0 unspecified atom stereocenters. The van der Waals surface area contributed by atoms with Gasteiger partial charge in [0.1, 0.15) is 0 Å². The molecule has 1 saturated heterocycles. The van der Waals surface area contributed by atoms with Gasteiger partial charge in [-0.05, 0) is 56.0 Å². The maximum Gasteiger partial charge on any atom is 0.232 e. The van der Waals surface area contributed by atoms with Gasteiger partial charge in [0, 0.05) is 24.2 Å². The Morgan fingerprint density at radius 3 is 2.54 bits per heavy atom. The lowest BCUT2D eigenvalue weighted by Crippen LogP contribution is -2.42. The van der Waals surface area contributed by atoms with Gasteiger partial charge >= 0.3 is 0 Å². The Kier molecular flexibility index (Phi) is 4.97. The number of fused-ring (bicyclic) bond motifs is 1. The highest BCUT2D eigenvalue weighted by atomic mass is 16.3. The Bertz CT molecular complexity index is 600. The molecule has 1 amide bonds. The van der Waals surface area contributed by atoms with Crippen molar-refractivity contribution in [2.75, 3.05) is 31.1 Å². The topological polar surface area (TPSA) is 43.8 Å². The largest absolute Gasteiger partial charge is 0.387 e. The van der Waals surface area contributed by atoms with Gasteiger partial charge in [-0.1, -0.05) is 32.9 Å². The number of benzene rings is 1. The fraction of sp³-hybridized carbons (Fsp3) is 0.650. The molecular weight excluding hydrogens is 300 g/mol. The van der Waals surface area contributed by atoms with E-state index in [-0.39, 0.29) is 11.3 Å². The van der Waals surface area contributed by atoms with Crippen LogP contribution in [0.5, 0.6) is 0 Å². The predicted molar refractivity (Wildman–Crippen MR) is 97.2 cm³/mol. The molecule has 1 atom stereocenters. The standard InChI is InChI=1S/C20H30N2O2/c1-20(2,3)19(24)22-12-6-7-15-13-16(8-9-17(15)22)18(23)14-21-10-4-5-11-21/h8-9,13,18,23H,4-7,10-12,14H2,1-3H3/t18-/m1/s1. The van der Waals surface area contributed by atoms with E-state index in [9.17, 15) is 9.90 Å². The van der Waals surface area contributed by atoms with Crippen molar-refractivity contribution in [3.63, 3.8) is 0 Å². The molecule has 1 aromatic carbocycles. The van der Waals surface area contributed by atoms with Crippen LogP contribution in [0.25, 0.3) is 0 Å². The number of aliphatic hydroxyl groups excluding tert-OH is 1. The molecular formula is C20H30N2O2. The van der Waals surface area contributed by atoms with Gasteiger partial charge in [-0.3, -0.25) is 4.79 Å². The van der Waals surface area contributed by atoms with E-state index in [2.05, 4.69) is 11.0 Å². The second kappa shape index (κ2) is 6.85. The van der Waals surface area contributed by atoms with Crippen LogP contribution in [0.3, 0.4) is 0 Å². The molecule has 0 aliphatic carbocycles. The van der Waals surface area contributed by atoms with Crippen molar-refractivity contribution < 1.29 is 9.90 Å². The fourth-order valence-electron chi connectivity index (χ4n) is 3.76. The maximum atomic E-state index is 12.7. The van der Waals surface area contributed by atoms with E-state index in [1.165, 1.54) is 18.4 Å². The minimum Gasteiger partial charge on any atom is -0.387 e. The van der Waals surface area contributed by atoms with Crippen molar-refractivity contribution in [2.24, 2.45) is 5.41 Å². The Hall–Kier alpha value is -1.39. The average Bonchev–Trinajstić information content (AvgIpc) is 3.05. The smallest absolute Gasteiger partial charge is 0.232 e. The normalized spacial score (nSPS) is 20.1. The zero-order valence-electron chi connectivity index (χ0n) is 15.2. The number of likely N-dealkylation sites (tertiary alicyclic amines) is 1. The van der Waals surface area contributed by atoms with Crippen molar-refractivity contribution in [3.05, 3.63) is 29.3 Å². The molecule has 24 heavy (non-hydrogen) atoms. The van der Waals surface area contributed by atoms with Crippen LogP contribution >= 0.6 is 0 Å². The molecule has 4 nitrogen and oxygen atoms in total. The van der Waals surface area contributed by atoms with Crippen LogP contribution in [0.15, 0.2) is 18.2 Å². The number of nitrogens with zero attached hydrogens (tertiary/aromatic N) is 2. The van der Waals surface area contributed by atoms with E-state index in [1.807, 2.05) is 37.8 Å². The van der Waals surface area contributed by atoms with E-state index >= 15 is 0 Å². The molecule has 1 N–H and O–H groups in total. The number of carbonyl (C=O) groups excluding carboxylic acids is 1. The molecule has 0 aromatic heterocycles. The summed E-state index contributed by atoms with van der Waals surface area (Å²) < 4.78 is 0. The number of anilines is 1. The molecule has 2 aliphatic heterocycles. The Morgan fingerprint density at radius 1 is 1.17 bits per heavy atom. The van der Waals surface area contributed by atoms with Gasteiger partial charge in [0.2, 0.25) is 5.91 Å². The van der Waals surface area contributed by atoms with Gasteiger partial charge in [-0.2, -0.15) is 0 Å². The molecule has 4 heteroatoms.